The Morgan fingerprint density at radius 1 is 0.268 bits per heavy atom. The van der Waals surface area contributed by atoms with Crippen LogP contribution in [0.4, 0.5) is 0 Å². The average Bonchev–Trinajstić information content (AvgIpc) is 3.60. The molecule has 0 atom stereocenters. The second-order valence-electron chi connectivity index (χ2n) is 14.5. The molecule has 11 rings (SSSR count). The van der Waals surface area contributed by atoms with Crippen LogP contribution in [0, 0.1) is 0 Å². The molecule has 0 aliphatic heterocycles. The summed E-state index contributed by atoms with van der Waals surface area (Å²) in [4.78, 5) is 10.1. The Kier molecular flexibility index (Phi) is 7.53. The molecule has 0 fully saturated rings. The molecule has 56 heavy (non-hydrogen) atoms. The van der Waals surface area contributed by atoms with Gasteiger partial charge in [0.1, 0.15) is 0 Å². The molecule has 0 unspecified atom stereocenters. The van der Waals surface area contributed by atoms with E-state index in [2.05, 4.69) is 182 Å². The van der Waals surface area contributed by atoms with Gasteiger partial charge in [-0.25, -0.2) is 9.97 Å². The van der Waals surface area contributed by atoms with E-state index in [1.165, 1.54) is 71.6 Å². The number of rotatable bonds is 6. The summed E-state index contributed by atoms with van der Waals surface area (Å²) in [6.07, 6.45) is 0. The summed E-state index contributed by atoms with van der Waals surface area (Å²) >= 11 is 0. The minimum Gasteiger partial charge on any atom is -0.228 e. The second kappa shape index (κ2) is 13.2. The van der Waals surface area contributed by atoms with Crippen LogP contribution in [-0.2, 0) is 0 Å². The first-order valence-electron chi connectivity index (χ1n) is 19.1. The molecule has 0 saturated heterocycles. The second-order valence-corrected chi connectivity index (χ2v) is 14.5. The van der Waals surface area contributed by atoms with Crippen LogP contribution in [0.3, 0.4) is 0 Å². The van der Waals surface area contributed by atoms with Gasteiger partial charge in [-0.15, -0.1) is 0 Å². The van der Waals surface area contributed by atoms with Gasteiger partial charge in [0.05, 0.1) is 11.4 Å². The Balaban J connectivity index is 1.00. The third-order valence-electron chi connectivity index (χ3n) is 11.2. The van der Waals surface area contributed by atoms with Crippen molar-refractivity contribution in [2.24, 2.45) is 0 Å². The molecule has 2 nitrogen and oxygen atoms in total. The molecule has 0 amide bonds. The van der Waals surface area contributed by atoms with Gasteiger partial charge in [0, 0.05) is 16.7 Å². The van der Waals surface area contributed by atoms with Crippen molar-refractivity contribution < 1.29 is 0 Å². The Morgan fingerprint density at radius 3 is 1.57 bits per heavy atom. The number of hydrogen-bond donors (Lipinski definition) is 0. The van der Waals surface area contributed by atoms with Crippen LogP contribution in [0.25, 0.3) is 111 Å². The molecular weight excluding hydrogens is 677 g/mol. The van der Waals surface area contributed by atoms with Crippen LogP contribution in [0.2, 0.25) is 0 Å². The summed E-state index contributed by atoms with van der Waals surface area (Å²) in [5.74, 6) is 0.715. The third kappa shape index (κ3) is 5.42. The first-order valence-corrected chi connectivity index (χ1v) is 19.1. The molecule has 0 radical (unpaired) electrons. The van der Waals surface area contributed by atoms with Crippen molar-refractivity contribution in [1.29, 1.82) is 0 Å². The number of hydrogen-bond acceptors (Lipinski definition) is 2. The Hall–Kier alpha value is -7.42. The summed E-state index contributed by atoms with van der Waals surface area (Å²) in [7, 11) is 0. The van der Waals surface area contributed by atoms with E-state index in [9.17, 15) is 0 Å². The van der Waals surface area contributed by atoms with Crippen molar-refractivity contribution in [1.82, 2.24) is 9.97 Å². The average molecular weight is 711 g/mol. The summed E-state index contributed by atoms with van der Waals surface area (Å²) < 4.78 is 0. The highest BCUT2D eigenvalue weighted by atomic mass is 14.9. The van der Waals surface area contributed by atoms with E-state index >= 15 is 0 Å². The van der Waals surface area contributed by atoms with E-state index in [1.807, 2.05) is 24.3 Å². The summed E-state index contributed by atoms with van der Waals surface area (Å²) in [6.45, 7) is 0. The van der Waals surface area contributed by atoms with Gasteiger partial charge in [-0.1, -0.05) is 188 Å². The molecule has 1 heterocycles. The van der Waals surface area contributed by atoms with Gasteiger partial charge < -0.3 is 0 Å². The van der Waals surface area contributed by atoms with E-state index in [1.54, 1.807) is 0 Å². The van der Waals surface area contributed by atoms with Crippen molar-refractivity contribution in [3.63, 3.8) is 0 Å². The summed E-state index contributed by atoms with van der Waals surface area (Å²) in [5, 5.41) is 5.11. The van der Waals surface area contributed by atoms with E-state index < -0.39 is 0 Å². The zero-order chi connectivity index (χ0) is 37.0. The molecule has 0 bridgehead atoms. The molecule has 1 aromatic heterocycles. The minimum atomic E-state index is 0.715. The zero-order valence-corrected chi connectivity index (χ0v) is 30.5. The Morgan fingerprint density at radius 2 is 0.804 bits per heavy atom. The maximum Gasteiger partial charge on any atom is 0.160 e. The molecule has 0 spiro atoms. The van der Waals surface area contributed by atoms with Gasteiger partial charge >= 0.3 is 0 Å². The first kappa shape index (κ1) is 32.0. The predicted octanol–water partition coefficient (Wildman–Crippen LogP) is 14.4. The molecule has 2 heteroatoms. The topological polar surface area (TPSA) is 25.8 Å². The minimum absolute atomic E-state index is 0.715. The van der Waals surface area contributed by atoms with Gasteiger partial charge in [0.15, 0.2) is 5.82 Å². The summed E-state index contributed by atoms with van der Waals surface area (Å²) in [5.41, 5.74) is 17.4. The van der Waals surface area contributed by atoms with E-state index in [4.69, 9.17) is 9.97 Å². The van der Waals surface area contributed by atoms with Gasteiger partial charge in [0.25, 0.3) is 0 Å². The number of aromatic nitrogens is 2. The van der Waals surface area contributed by atoms with Crippen LogP contribution < -0.4 is 0 Å². The van der Waals surface area contributed by atoms with E-state index in [0.717, 1.165) is 33.6 Å². The van der Waals surface area contributed by atoms with E-state index in [-0.39, 0.29) is 0 Å². The van der Waals surface area contributed by atoms with Crippen LogP contribution >= 0.6 is 0 Å². The fraction of sp³-hybridized carbons (Fsp3) is 0. The highest BCUT2D eigenvalue weighted by Gasteiger charge is 2.22. The normalized spacial score (nSPS) is 11.6. The number of fused-ring (bicyclic) bond motifs is 4. The molecular formula is C54H34N2. The van der Waals surface area contributed by atoms with Gasteiger partial charge in [-0.2, -0.15) is 0 Å². The van der Waals surface area contributed by atoms with Crippen molar-refractivity contribution in [2.45, 2.75) is 0 Å². The third-order valence-corrected chi connectivity index (χ3v) is 11.2. The van der Waals surface area contributed by atoms with Crippen LogP contribution in [0.5, 0.6) is 0 Å². The zero-order valence-electron chi connectivity index (χ0n) is 30.5. The molecule has 9 aromatic carbocycles. The maximum atomic E-state index is 5.08. The lowest BCUT2D eigenvalue weighted by Gasteiger charge is -2.16. The predicted molar refractivity (Wildman–Crippen MR) is 234 cm³/mol. The van der Waals surface area contributed by atoms with Crippen LogP contribution in [0.1, 0.15) is 0 Å². The van der Waals surface area contributed by atoms with Crippen LogP contribution in [-0.4, -0.2) is 9.97 Å². The molecule has 260 valence electrons. The Labute approximate surface area is 326 Å². The Bertz CT molecular complexity index is 3050. The van der Waals surface area contributed by atoms with Crippen molar-refractivity contribution in [3.8, 4) is 89.5 Å². The lowest BCUT2D eigenvalue weighted by molar-refractivity contribution is 1.18. The summed E-state index contributed by atoms with van der Waals surface area (Å²) in [6, 6.07) is 74.1. The monoisotopic (exact) mass is 710 g/mol. The SMILES string of the molecule is c1ccc(-c2cc(-c3ccc(-c4ccc5ccccc5c4-c4cccc(-c5ccc6c(c5)-c5cccc7cccc-6c57)c4)cc3)nc(-c3ccccc3)n2)cc1. The maximum absolute atomic E-state index is 5.08. The largest absolute Gasteiger partial charge is 0.228 e. The van der Waals surface area contributed by atoms with Crippen molar-refractivity contribution >= 4 is 21.5 Å². The molecule has 1 aliphatic rings. The van der Waals surface area contributed by atoms with E-state index in [0.29, 0.717) is 5.82 Å². The lowest BCUT2D eigenvalue weighted by Crippen LogP contribution is -1.96. The highest BCUT2D eigenvalue weighted by Crippen LogP contribution is 2.48. The number of nitrogens with zero attached hydrogens (tertiary/aromatic N) is 2. The lowest BCUT2D eigenvalue weighted by atomic mass is 9.88. The first-order chi connectivity index (χ1) is 27.7. The van der Waals surface area contributed by atoms with Gasteiger partial charge in [-0.3, -0.25) is 0 Å². The fourth-order valence-corrected chi connectivity index (χ4v) is 8.54. The van der Waals surface area contributed by atoms with Gasteiger partial charge in [0.2, 0.25) is 0 Å². The van der Waals surface area contributed by atoms with Crippen molar-refractivity contribution in [2.75, 3.05) is 0 Å². The molecule has 1 aliphatic carbocycles. The smallest absolute Gasteiger partial charge is 0.160 e. The van der Waals surface area contributed by atoms with Crippen LogP contribution in [0.15, 0.2) is 206 Å². The van der Waals surface area contributed by atoms with Gasteiger partial charge in [-0.05, 0) is 95.4 Å². The molecule has 0 N–H and O–H groups in total. The number of benzene rings is 9. The molecule has 0 saturated carbocycles. The highest BCUT2D eigenvalue weighted by molar-refractivity contribution is 6.15. The quantitative estimate of drug-likeness (QED) is 0.172. The van der Waals surface area contributed by atoms with Crippen molar-refractivity contribution in [3.05, 3.63) is 206 Å². The molecule has 10 aromatic rings. The fourth-order valence-electron chi connectivity index (χ4n) is 8.54. The standard InChI is InChI=1S/C54H34N2/c1-3-13-37(14-4-1)50-34-51(56-54(55-50)40-15-5-2-6-16-40)38-26-24-36(25-27-38)45-30-28-35-12-7-8-21-44(35)53(45)43-20-9-19-41(32-43)42-29-31-46-47-22-10-17-39-18-11-23-48(52(39)47)49(46)33-42/h1-34H.